The molecule has 1 aliphatic heterocycles. The van der Waals surface area contributed by atoms with Gasteiger partial charge in [0.2, 0.25) is 0 Å². The maximum Gasteiger partial charge on any atom is 0.303 e. The second-order valence-electron chi connectivity index (χ2n) is 12.7. The minimum Gasteiger partial charge on any atom is -0.459 e. The first kappa shape index (κ1) is 45.3. The summed E-state index contributed by atoms with van der Waals surface area (Å²) < 4.78 is 39.7. The van der Waals surface area contributed by atoms with Crippen LogP contribution in [0.4, 0.5) is 0 Å². The van der Waals surface area contributed by atoms with Gasteiger partial charge < -0.3 is 33.2 Å². The molecular weight excluding hydrogens is 672 g/mol. The molecule has 0 N–H and O–H groups in total. The van der Waals surface area contributed by atoms with E-state index in [0.29, 0.717) is 6.42 Å². The van der Waals surface area contributed by atoms with Gasteiger partial charge in [-0.2, -0.15) is 0 Å². The van der Waals surface area contributed by atoms with Crippen LogP contribution >= 0.6 is 11.8 Å². The van der Waals surface area contributed by atoms with Crippen molar-refractivity contribution in [2.75, 3.05) is 12.4 Å². The van der Waals surface area contributed by atoms with Crippen LogP contribution < -0.4 is 0 Å². The third-order valence-electron chi connectivity index (χ3n) is 8.02. The van der Waals surface area contributed by atoms with Crippen molar-refractivity contribution in [3.63, 3.8) is 0 Å². The Morgan fingerprint density at radius 3 is 1.46 bits per heavy atom. The Kier molecular flexibility index (Phi) is 23.7. The molecule has 0 saturated carbocycles. The van der Waals surface area contributed by atoms with Crippen LogP contribution in [0, 0.1) is 0 Å². The molecule has 13 nitrogen and oxygen atoms in total. The number of unbranched alkanes of at least 4 members (excludes halogenated alkanes) is 11. The molecule has 0 aromatic carbocycles. The van der Waals surface area contributed by atoms with E-state index in [1.807, 2.05) is 0 Å². The highest BCUT2D eigenvalue weighted by Gasteiger charge is 2.52. The molecule has 50 heavy (non-hydrogen) atoms. The average molecular weight is 733 g/mol. The van der Waals surface area contributed by atoms with Crippen molar-refractivity contribution < 1.29 is 61.9 Å². The van der Waals surface area contributed by atoms with Gasteiger partial charge in [0.15, 0.2) is 29.7 Å². The van der Waals surface area contributed by atoms with Gasteiger partial charge in [0.05, 0.1) is 6.61 Å². The van der Waals surface area contributed by atoms with Crippen LogP contribution in [0.15, 0.2) is 0 Å². The minimum atomic E-state index is -1.35. The van der Waals surface area contributed by atoms with Crippen molar-refractivity contribution in [1.29, 1.82) is 0 Å². The molecule has 1 saturated heterocycles. The summed E-state index contributed by atoms with van der Waals surface area (Å²) in [5, 5.41) is -0.229. The number of ether oxygens (including phenoxy) is 7. The van der Waals surface area contributed by atoms with Crippen molar-refractivity contribution in [3.05, 3.63) is 0 Å². The Balaban J connectivity index is 2.96. The zero-order valence-electron chi connectivity index (χ0n) is 31.1. The number of hydrogen-bond acceptors (Lipinski definition) is 14. The van der Waals surface area contributed by atoms with E-state index in [2.05, 4.69) is 6.92 Å². The smallest absolute Gasteiger partial charge is 0.303 e. The van der Waals surface area contributed by atoms with Gasteiger partial charge in [-0.3, -0.25) is 28.8 Å². The van der Waals surface area contributed by atoms with Crippen LogP contribution in [0.3, 0.4) is 0 Å². The van der Waals surface area contributed by atoms with Gasteiger partial charge in [0, 0.05) is 53.7 Å². The van der Waals surface area contributed by atoms with Gasteiger partial charge in [0.1, 0.15) is 18.3 Å². The zero-order valence-corrected chi connectivity index (χ0v) is 31.9. The van der Waals surface area contributed by atoms with E-state index < -0.39 is 72.8 Å². The second-order valence-corrected chi connectivity index (χ2v) is 13.9. The molecule has 0 radical (unpaired) electrons. The highest BCUT2D eigenvalue weighted by Crippen LogP contribution is 2.32. The quantitative estimate of drug-likeness (QED) is 0.0596. The van der Waals surface area contributed by atoms with Gasteiger partial charge in [-0.25, -0.2) is 0 Å². The molecule has 0 aliphatic carbocycles. The van der Waals surface area contributed by atoms with Gasteiger partial charge in [0.25, 0.3) is 0 Å². The van der Waals surface area contributed by atoms with Crippen LogP contribution in [0.1, 0.15) is 138 Å². The Labute approximate surface area is 301 Å². The van der Waals surface area contributed by atoms with E-state index in [9.17, 15) is 28.8 Å². The highest BCUT2D eigenvalue weighted by molar-refractivity contribution is 8.13. The summed E-state index contributed by atoms with van der Waals surface area (Å²) in [5.41, 5.74) is 0. The fourth-order valence-electron chi connectivity index (χ4n) is 5.88. The van der Waals surface area contributed by atoms with E-state index in [0.717, 1.165) is 58.2 Å². The predicted molar refractivity (Wildman–Crippen MR) is 186 cm³/mol. The lowest BCUT2D eigenvalue weighted by Gasteiger charge is -2.44. The molecule has 0 bridgehead atoms. The van der Waals surface area contributed by atoms with Gasteiger partial charge in [-0.1, -0.05) is 89.3 Å². The molecule has 0 amide bonds. The number of rotatable bonds is 25. The average Bonchev–Trinajstić information content (AvgIpc) is 3.01. The number of esters is 5. The Bertz CT molecular complexity index is 1050. The summed E-state index contributed by atoms with van der Waals surface area (Å²) in [6.45, 7) is 9.48. The van der Waals surface area contributed by atoms with Crippen LogP contribution in [0.5, 0.6) is 0 Å². The summed E-state index contributed by atoms with van der Waals surface area (Å²) in [7, 11) is 0. The molecule has 1 heterocycles. The Morgan fingerprint density at radius 1 is 0.560 bits per heavy atom. The fraction of sp³-hybridized carbons (Fsp3) is 0.833. The summed E-state index contributed by atoms with van der Waals surface area (Å²) in [5.74, 6) is -3.24. The number of hydrogen-bond donors (Lipinski definition) is 0. The zero-order chi connectivity index (χ0) is 37.5. The molecule has 1 rings (SSSR count). The molecule has 0 aromatic rings. The normalized spacial score (nSPS) is 21.4. The van der Waals surface area contributed by atoms with E-state index in [1.165, 1.54) is 72.1 Å². The molecule has 1 fully saturated rings. The fourth-order valence-corrected chi connectivity index (χ4v) is 6.54. The lowest BCUT2D eigenvalue weighted by atomic mass is 9.98. The maximum atomic E-state index is 12.1. The largest absolute Gasteiger partial charge is 0.459 e. The third kappa shape index (κ3) is 20.2. The monoisotopic (exact) mass is 732 g/mol. The SMILES string of the molecule is CCCCCCCCCCCCCC[C@@H](OC(C)=O)[C@H](CCO[C@H]1OC(CSC(C)=O)[C@H](OC(C)=O)C(OC(C)=O)C1OC(C)=O)OC(C)=O. The van der Waals surface area contributed by atoms with Crippen LogP contribution in [-0.2, 0) is 61.9 Å². The molecule has 0 aromatic heterocycles. The van der Waals surface area contributed by atoms with Crippen molar-refractivity contribution in [2.45, 2.75) is 181 Å². The topological polar surface area (TPSA) is 167 Å². The van der Waals surface area contributed by atoms with Gasteiger partial charge in [-0.15, -0.1) is 0 Å². The van der Waals surface area contributed by atoms with Gasteiger partial charge >= 0.3 is 29.8 Å². The number of thioether (sulfide) groups is 1. The molecule has 1 aliphatic rings. The Morgan fingerprint density at radius 2 is 1.00 bits per heavy atom. The summed E-state index contributed by atoms with van der Waals surface area (Å²) in [4.78, 5) is 72.2. The minimum absolute atomic E-state index is 0.0152. The van der Waals surface area contributed by atoms with Crippen molar-refractivity contribution >= 4 is 46.7 Å². The molecule has 14 heteroatoms. The van der Waals surface area contributed by atoms with E-state index >= 15 is 0 Å². The molecule has 7 atom stereocenters. The molecular formula is C36H60O13S. The summed E-state index contributed by atoms with van der Waals surface area (Å²) in [6, 6.07) is 0. The lowest BCUT2D eigenvalue weighted by molar-refractivity contribution is -0.300. The molecule has 288 valence electrons. The van der Waals surface area contributed by atoms with Crippen LogP contribution in [0.2, 0.25) is 0 Å². The highest BCUT2D eigenvalue weighted by atomic mass is 32.2. The summed E-state index contributed by atoms with van der Waals surface area (Å²) in [6.07, 6.45) is 6.90. The van der Waals surface area contributed by atoms with Crippen LogP contribution in [-0.4, -0.2) is 90.2 Å². The van der Waals surface area contributed by atoms with E-state index in [1.54, 1.807) is 0 Å². The lowest BCUT2D eigenvalue weighted by Crippen LogP contribution is -2.62. The summed E-state index contributed by atoms with van der Waals surface area (Å²) >= 11 is 0.906. The first-order chi connectivity index (χ1) is 23.7. The van der Waals surface area contributed by atoms with Crippen molar-refractivity contribution in [1.82, 2.24) is 0 Å². The Hall–Kier alpha value is -2.71. The van der Waals surface area contributed by atoms with E-state index in [4.69, 9.17) is 33.2 Å². The van der Waals surface area contributed by atoms with Crippen molar-refractivity contribution in [3.8, 4) is 0 Å². The number of carbonyl (C=O) groups is 6. The van der Waals surface area contributed by atoms with Crippen LogP contribution in [0.25, 0.3) is 0 Å². The molecule has 0 spiro atoms. The molecule has 3 unspecified atom stereocenters. The second kappa shape index (κ2) is 26.1. The number of carbonyl (C=O) groups excluding carboxylic acids is 6. The van der Waals surface area contributed by atoms with Gasteiger partial charge in [-0.05, 0) is 12.8 Å². The maximum absolute atomic E-state index is 12.1. The van der Waals surface area contributed by atoms with Crippen molar-refractivity contribution in [2.24, 2.45) is 0 Å². The first-order valence-corrected chi connectivity index (χ1v) is 19.0. The first-order valence-electron chi connectivity index (χ1n) is 18.0. The predicted octanol–water partition coefficient (Wildman–Crippen LogP) is 6.15. The van der Waals surface area contributed by atoms with E-state index in [-0.39, 0.29) is 23.9 Å². The third-order valence-corrected chi connectivity index (χ3v) is 8.93. The standard InChI is InChI=1S/C36H60O13S/c1-8-9-10-11-12-13-14-15-16-17-18-19-20-30(44-24(2)37)31(45-25(3)38)21-22-43-36-35(48-28(6)41)34(47-27(5)40)33(46-26(4)39)32(49-36)23-50-29(7)42/h30-36H,8-23H2,1-7H3/t30-,31+,32?,33+,34?,35?,36+/m1/s1.